The Labute approximate surface area is 98.7 Å². The first-order valence-corrected chi connectivity index (χ1v) is 5.06. The fraction of sp³-hybridized carbons (Fsp3) is 0.417. The SMILES string of the molecule is COc1cc(C)c(F)cc1CC(C)(O)C(=O)O. The normalized spacial score (nSPS) is 14.2. The molecule has 0 spiro atoms. The number of hydrogen-bond donors (Lipinski definition) is 2. The number of hydrogen-bond acceptors (Lipinski definition) is 3. The van der Waals surface area contributed by atoms with Gasteiger partial charge in [-0.1, -0.05) is 0 Å². The molecule has 1 unspecified atom stereocenters. The summed E-state index contributed by atoms with van der Waals surface area (Å²) < 4.78 is 18.4. The van der Waals surface area contributed by atoms with E-state index in [1.807, 2.05) is 0 Å². The average molecular weight is 242 g/mol. The molecule has 0 aliphatic carbocycles. The summed E-state index contributed by atoms with van der Waals surface area (Å²) in [6, 6.07) is 2.66. The van der Waals surface area contributed by atoms with Crippen LogP contribution in [-0.2, 0) is 11.2 Å². The van der Waals surface area contributed by atoms with E-state index in [4.69, 9.17) is 9.84 Å². The summed E-state index contributed by atoms with van der Waals surface area (Å²) in [6.07, 6.45) is -0.220. The Morgan fingerprint density at radius 2 is 2.12 bits per heavy atom. The van der Waals surface area contributed by atoms with Crippen LogP contribution in [0.25, 0.3) is 0 Å². The van der Waals surface area contributed by atoms with E-state index in [1.165, 1.54) is 19.2 Å². The molecule has 0 bridgehead atoms. The molecule has 0 fully saturated rings. The van der Waals surface area contributed by atoms with Crippen LogP contribution in [0.3, 0.4) is 0 Å². The van der Waals surface area contributed by atoms with Crippen molar-refractivity contribution in [1.29, 1.82) is 0 Å². The Kier molecular flexibility index (Phi) is 3.72. The van der Waals surface area contributed by atoms with Crippen LogP contribution in [0.4, 0.5) is 4.39 Å². The maximum absolute atomic E-state index is 13.4. The van der Waals surface area contributed by atoms with Gasteiger partial charge in [0.2, 0.25) is 0 Å². The molecule has 1 aromatic carbocycles. The number of halogens is 1. The van der Waals surface area contributed by atoms with E-state index in [0.717, 1.165) is 6.92 Å². The lowest BCUT2D eigenvalue weighted by Crippen LogP contribution is -2.37. The Morgan fingerprint density at radius 1 is 1.53 bits per heavy atom. The number of aryl methyl sites for hydroxylation is 1. The summed E-state index contributed by atoms with van der Waals surface area (Å²) in [4.78, 5) is 10.8. The number of rotatable bonds is 4. The van der Waals surface area contributed by atoms with Crippen LogP contribution >= 0.6 is 0 Å². The highest BCUT2D eigenvalue weighted by molar-refractivity contribution is 5.77. The molecule has 0 radical (unpaired) electrons. The van der Waals surface area contributed by atoms with Gasteiger partial charge in [0.15, 0.2) is 5.60 Å². The molecule has 0 aliphatic heterocycles. The maximum Gasteiger partial charge on any atom is 0.335 e. The highest BCUT2D eigenvalue weighted by Crippen LogP contribution is 2.26. The van der Waals surface area contributed by atoms with Gasteiger partial charge < -0.3 is 14.9 Å². The van der Waals surface area contributed by atoms with Gasteiger partial charge in [0.05, 0.1) is 7.11 Å². The second-order valence-corrected chi connectivity index (χ2v) is 4.17. The van der Waals surface area contributed by atoms with Crippen LogP contribution in [0.5, 0.6) is 5.75 Å². The lowest BCUT2D eigenvalue weighted by Gasteiger charge is -2.19. The number of aliphatic carboxylic acids is 1. The largest absolute Gasteiger partial charge is 0.496 e. The lowest BCUT2D eigenvalue weighted by molar-refractivity contribution is -0.156. The van der Waals surface area contributed by atoms with Crippen molar-refractivity contribution >= 4 is 5.97 Å². The van der Waals surface area contributed by atoms with Gasteiger partial charge in [0, 0.05) is 12.0 Å². The number of methoxy groups -OCH3 is 1. The minimum Gasteiger partial charge on any atom is -0.496 e. The second-order valence-electron chi connectivity index (χ2n) is 4.17. The van der Waals surface area contributed by atoms with Crippen molar-refractivity contribution in [3.8, 4) is 5.75 Å². The van der Waals surface area contributed by atoms with Crippen LogP contribution in [0.2, 0.25) is 0 Å². The Morgan fingerprint density at radius 3 is 2.59 bits per heavy atom. The Balaban J connectivity index is 3.14. The standard InChI is InChI=1S/C12H15FO4/c1-7-4-10(17-3)8(5-9(7)13)6-12(2,16)11(14)15/h4-5,16H,6H2,1-3H3,(H,14,15). The number of aliphatic hydroxyl groups is 1. The van der Waals surface area contributed by atoms with Crippen molar-refractivity contribution in [2.45, 2.75) is 25.9 Å². The van der Waals surface area contributed by atoms with Crippen molar-refractivity contribution in [2.75, 3.05) is 7.11 Å². The molecule has 0 aliphatic rings. The minimum atomic E-state index is -1.95. The van der Waals surface area contributed by atoms with Gasteiger partial charge in [-0.25, -0.2) is 9.18 Å². The molecule has 0 heterocycles. The molecule has 17 heavy (non-hydrogen) atoms. The monoisotopic (exact) mass is 242 g/mol. The van der Waals surface area contributed by atoms with Crippen LogP contribution in [0.15, 0.2) is 12.1 Å². The zero-order valence-corrected chi connectivity index (χ0v) is 9.95. The van der Waals surface area contributed by atoms with E-state index in [-0.39, 0.29) is 6.42 Å². The third kappa shape index (κ3) is 2.94. The van der Waals surface area contributed by atoms with Gasteiger partial charge in [0.1, 0.15) is 11.6 Å². The Bertz CT molecular complexity index is 440. The highest BCUT2D eigenvalue weighted by Gasteiger charge is 2.31. The maximum atomic E-state index is 13.4. The first kappa shape index (κ1) is 13.4. The van der Waals surface area contributed by atoms with Crippen molar-refractivity contribution in [3.05, 3.63) is 29.1 Å². The van der Waals surface area contributed by atoms with Crippen molar-refractivity contribution < 1.29 is 24.1 Å². The van der Waals surface area contributed by atoms with Crippen LogP contribution in [-0.4, -0.2) is 28.9 Å². The number of carboxylic acids is 1. The Hall–Kier alpha value is -1.62. The van der Waals surface area contributed by atoms with Crippen LogP contribution in [0.1, 0.15) is 18.1 Å². The quantitative estimate of drug-likeness (QED) is 0.840. The summed E-state index contributed by atoms with van der Waals surface area (Å²) in [7, 11) is 1.41. The third-order valence-electron chi connectivity index (χ3n) is 2.56. The zero-order chi connectivity index (χ0) is 13.2. The molecule has 4 nitrogen and oxygen atoms in total. The van der Waals surface area contributed by atoms with E-state index in [0.29, 0.717) is 16.9 Å². The molecule has 1 aromatic rings. The molecule has 5 heteroatoms. The van der Waals surface area contributed by atoms with Crippen molar-refractivity contribution in [1.82, 2.24) is 0 Å². The fourth-order valence-electron chi connectivity index (χ4n) is 1.47. The molecule has 2 N–H and O–H groups in total. The molecule has 0 saturated heterocycles. The smallest absolute Gasteiger partial charge is 0.335 e. The number of ether oxygens (including phenoxy) is 1. The number of benzene rings is 1. The van der Waals surface area contributed by atoms with E-state index in [1.54, 1.807) is 6.92 Å². The van der Waals surface area contributed by atoms with E-state index < -0.39 is 17.4 Å². The summed E-state index contributed by atoms with van der Waals surface area (Å²) in [5.41, 5.74) is -1.22. The van der Waals surface area contributed by atoms with Gasteiger partial charge in [0.25, 0.3) is 0 Å². The molecule has 94 valence electrons. The summed E-state index contributed by atoms with van der Waals surface area (Å²) >= 11 is 0. The molecular weight excluding hydrogens is 227 g/mol. The van der Waals surface area contributed by atoms with Gasteiger partial charge in [-0.3, -0.25) is 0 Å². The predicted molar refractivity (Wildman–Crippen MR) is 59.7 cm³/mol. The first-order chi connectivity index (χ1) is 7.77. The van der Waals surface area contributed by atoms with Crippen LogP contribution in [0, 0.1) is 12.7 Å². The van der Waals surface area contributed by atoms with Gasteiger partial charge in [-0.05, 0) is 31.5 Å². The van der Waals surface area contributed by atoms with Crippen molar-refractivity contribution in [2.24, 2.45) is 0 Å². The fourth-order valence-corrected chi connectivity index (χ4v) is 1.47. The van der Waals surface area contributed by atoms with E-state index in [2.05, 4.69) is 0 Å². The summed E-state index contributed by atoms with van der Waals surface area (Å²) in [5.74, 6) is -1.45. The predicted octanol–water partition coefficient (Wildman–Crippen LogP) is 1.52. The molecule has 1 atom stereocenters. The van der Waals surface area contributed by atoms with E-state index in [9.17, 15) is 14.3 Å². The van der Waals surface area contributed by atoms with E-state index >= 15 is 0 Å². The van der Waals surface area contributed by atoms with Crippen molar-refractivity contribution in [3.63, 3.8) is 0 Å². The second kappa shape index (κ2) is 4.71. The van der Waals surface area contributed by atoms with Gasteiger partial charge >= 0.3 is 5.97 Å². The zero-order valence-electron chi connectivity index (χ0n) is 9.95. The van der Waals surface area contributed by atoms with Gasteiger partial charge in [-0.2, -0.15) is 0 Å². The minimum absolute atomic E-state index is 0.220. The average Bonchev–Trinajstić information content (AvgIpc) is 2.22. The summed E-state index contributed by atoms with van der Waals surface area (Å²) in [6.45, 7) is 2.74. The first-order valence-electron chi connectivity index (χ1n) is 5.06. The topological polar surface area (TPSA) is 66.8 Å². The molecule has 1 rings (SSSR count). The molecular formula is C12H15FO4. The number of carboxylic acid groups (broad SMARTS) is 1. The molecule has 0 amide bonds. The lowest BCUT2D eigenvalue weighted by atomic mass is 9.95. The summed E-state index contributed by atoms with van der Waals surface area (Å²) in [5, 5.41) is 18.5. The van der Waals surface area contributed by atoms with Crippen LogP contribution < -0.4 is 4.74 Å². The molecule has 0 saturated carbocycles. The molecule has 0 aromatic heterocycles. The number of carbonyl (C=O) groups is 1. The highest BCUT2D eigenvalue weighted by atomic mass is 19.1. The third-order valence-corrected chi connectivity index (χ3v) is 2.56. The van der Waals surface area contributed by atoms with Gasteiger partial charge in [-0.15, -0.1) is 0 Å².